The first kappa shape index (κ1) is 12.7. The quantitative estimate of drug-likeness (QED) is 0.802. The van der Waals surface area contributed by atoms with Gasteiger partial charge in [-0.15, -0.1) is 0 Å². The molecule has 1 aromatic carbocycles. The van der Waals surface area contributed by atoms with Crippen molar-refractivity contribution in [2.75, 3.05) is 6.61 Å². The summed E-state index contributed by atoms with van der Waals surface area (Å²) in [6, 6.07) is 4.50. The van der Waals surface area contributed by atoms with Crippen molar-refractivity contribution in [2.24, 2.45) is 0 Å². The van der Waals surface area contributed by atoms with E-state index in [0.29, 0.717) is 4.47 Å². The fraction of sp³-hybridized carbons (Fsp3) is 0.273. The lowest BCUT2D eigenvalue weighted by atomic mass is 10.1. The van der Waals surface area contributed by atoms with Crippen LogP contribution in [0.1, 0.15) is 18.1 Å². The van der Waals surface area contributed by atoms with Gasteiger partial charge in [0.25, 0.3) is 0 Å². The van der Waals surface area contributed by atoms with Crippen LogP contribution in [0.2, 0.25) is 0 Å². The van der Waals surface area contributed by atoms with Crippen LogP contribution in [-0.4, -0.2) is 12.6 Å². The van der Waals surface area contributed by atoms with Crippen LogP contribution in [0.5, 0.6) is 0 Å². The number of rotatable bonds is 3. The number of benzene rings is 1. The molecule has 0 aliphatic rings. The van der Waals surface area contributed by atoms with Gasteiger partial charge in [-0.2, -0.15) is 5.26 Å². The van der Waals surface area contributed by atoms with E-state index >= 15 is 0 Å². The van der Waals surface area contributed by atoms with Crippen molar-refractivity contribution in [3.8, 4) is 6.07 Å². The first-order chi connectivity index (χ1) is 7.60. The number of nitrogens with zero attached hydrogens (tertiary/aromatic N) is 1. The van der Waals surface area contributed by atoms with E-state index < -0.39 is 11.8 Å². The Hall–Kier alpha value is -1.41. The van der Waals surface area contributed by atoms with E-state index in [9.17, 15) is 9.18 Å². The van der Waals surface area contributed by atoms with Gasteiger partial charge in [-0.05, 0) is 35.0 Å². The van der Waals surface area contributed by atoms with Gasteiger partial charge in [-0.3, -0.25) is 4.79 Å². The molecule has 5 heteroatoms. The standard InChI is InChI=1S/C11H9BrFNO2/c1-2-16-11(15)5-7-8(6-14)9(12)3-4-10(7)13/h3-4H,2,5H2,1H3. The number of halogens is 2. The highest BCUT2D eigenvalue weighted by molar-refractivity contribution is 9.10. The number of carbonyl (C=O) groups is 1. The molecule has 1 aromatic rings. The molecule has 0 aliphatic carbocycles. The second kappa shape index (κ2) is 5.61. The SMILES string of the molecule is CCOC(=O)Cc1c(F)ccc(Br)c1C#N. The smallest absolute Gasteiger partial charge is 0.310 e. The van der Waals surface area contributed by atoms with Gasteiger partial charge in [0.15, 0.2) is 0 Å². The van der Waals surface area contributed by atoms with Gasteiger partial charge in [0.1, 0.15) is 11.9 Å². The zero-order chi connectivity index (χ0) is 12.1. The molecule has 0 bridgehead atoms. The van der Waals surface area contributed by atoms with Crippen LogP contribution in [0.4, 0.5) is 4.39 Å². The Morgan fingerprint density at radius 1 is 1.62 bits per heavy atom. The number of nitriles is 1. The van der Waals surface area contributed by atoms with Crippen LogP contribution < -0.4 is 0 Å². The average Bonchev–Trinajstić information content (AvgIpc) is 2.24. The molecule has 84 valence electrons. The van der Waals surface area contributed by atoms with Gasteiger partial charge >= 0.3 is 5.97 Å². The average molecular weight is 286 g/mol. The van der Waals surface area contributed by atoms with Crippen molar-refractivity contribution in [1.29, 1.82) is 5.26 Å². The molecule has 0 spiro atoms. The van der Waals surface area contributed by atoms with Crippen molar-refractivity contribution in [1.82, 2.24) is 0 Å². The van der Waals surface area contributed by atoms with Gasteiger partial charge in [0.2, 0.25) is 0 Å². The second-order valence-electron chi connectivity index (χ2n) is 2.98. The molecular formula is C11H9BrFNO2. The van der Waals surface area contributed by atoms with Gasteiger partial charge < -0.3 is 4.74 Å². The lowest BCUT2D eigenvalue weighted by molar-refractivity contribution is -0.142. The minimum atomic E-state index is -0.576. The number of hydrogen-bond donors (Lipinski definition) is 0. The van der Waals surface area contributed by atoms with Gasteiger partial charge in [-0.1, -0.05) is 0 Å². The molecular weight excluding hydrogens is 277 g/mol. The normalized spacial score (nSPS) is 9.62. The maximum atomic E-state index is 13.4. The van der Waals surface area contributed by atoms with Crippen LogP contribution in [0.15, 0.2) is 16.6 Å². The fourth-order valence-electron chi connectivity index (χ4n) is 1.24. The number of carbonyl (C=O) groups excluding carboxylic acids is 1. The van der Waals surface area contributed by atoms with E-state index in [-0.39, 0.29) is 24.2 Å². The van der Waals surface area contributed by atoms with Crippen LogP contribution in [0, 0.1) is 17.1 Å². The maximum absolute atomic E-state index is 13.4. The maximum Gasteiger partial charge on any atom is 0.310 e. The molecule has 0 saturated heterocycles. The van der Waals surface area contributed by atoms with E-state index in [1.54, 1.807) is 6.92 Å². The molecule has 0 heterocycles. The van der Waals surface area contributed by atoms with Crippen LogP contribution in [0.3, 0.4) is 0 Å². The second-order valence-corrected chi connectivity index (χ2v) is 3.83. The Bertz CT molecular complexity index is 454. The predicted molar refractivity (Wildman–Crippen MR) is 59.2 cm³/mol. The lowest BCUT2D eigenvalue weighted by Gasteiger charge is -2.06. The molecule has 0 N–H and O–H groups in total. The zero-order valence-electron chi connectivity index (χ0n) is 8.59. The lowest BCUT2D eigenvalue weighted by Crippen LogP contribution is -2.10. The van der Waals surface area contributed by atoms with Crippen molar-refractivity contribution in [3.63, 3.8) is 0 Å². The van der Waals surface area contributed by atoms with E-state index in [4.69, 9.17) is 10.00 Å². The van der Waals surface area contributed by atoms with Crippen LogP contribution >= 0.6 is 15.9 Å². The molecule has 16 heavy (non-hydrogen) atoms. The molecule has 0 aliphatic heterocycles. The summed E-state index contributed by atoms with van der Waals surface area (Å²) < 4.78 is 18.6. The monoisotopic (exact) mass is 285 g/mol. The highest BCUT2D eigenvalue weighted by atomic mass is 79.9. The number of esters is 1. The minimum Gasteiger partial charge on any atom is -0.466 e. The molecule has 0 fully saturated rings. The van der Waals surface area contributed by atoms with E-state index in [1.807, 2.05) is 6.07 Å². The summed E-state index contributed by atoms with van der Waals surface area (Å²) in [6.45, 7) is 1.90. The molecule has 1 rings (SSSR count). The predicted octanol–water partition coefficient (Wildman–Crippen LogP) is 2.57. The van der Waals surface area contributed by atoms with Gasteiger partial charge in [-0.25, -0.2) is 4.39 Å². The molecule has 0 atom stereocenters. The number of ether oxygens (including phenoxy) is 1. The molecule has 0 saturated carbocycles. The molecule has 0 amide bonds. The Labute approximate surface area is 101 Å². The van der Waals surface area contributed by atoms with E-state index in [0.717, 1.165) is 0 Å². The van der Waals surface area contributed by atoms with Crippen LogP contribution in [-0.2, 0) is 16.0 Å². The van der Waals surface area contributed by atoms with E-state index in [2.05, 4.69) is 15.9 Å². The molecule has 0 unspecified atom stereocenters. The highest BCUT2D eigenvalue weighted by Crippen LogP contribution is 2.23. The number of hydrogen-bond acceptors (Lipinski definition) is 3. The topological polar surface area (TPSA) is 50.1 Å². The van der Waals surface area contributed by atoms with Crippen molar-refractivity contribution in [3.05, 3.63) is 33.5 Å². The molecule has 0 aromatic heterocycles. The highest BCUT2D eigenvalue weighted by Gasteiger charge is 2.16. The third-order valence-electron chi connectivity index (χ3n) is 1.94. The van der Waals surface area contributed by atoms with Crippen molar-refractivity contribution in [2.45, 2.75) is 13.3 Å². The van der Waals surface area contributed by atoms with Gasteiger partial charge in [0, 0.05) is 10.0 Å². The third-order valence-corrected chi connectivity index (χ3v) is 2.60. The summed E-state index contributed by atoms with van der Waals surface area (Å²) in [7, 11) is 0. The van der Waals surface area contributed by atoms with Crippen molar-refractivity contribution < 1.29 is 13.9 Å². The first-order valence-corrected chi connectivity index (χ1v) is 5.42. The van der Waals surface area contributed by atoms with Gasteiger partial charge in [0.05, 0.1) is 18.6 Å². The Morgan fingerprint density at radius 2 is 2.31 bits per heavy atom. The fourth-order valence-corrected chi connectivity index (χ4v) is 1.70. The minimum absolute atomic E-state index is 0.0651. The summed E-state index contributed by atoms with van der Waals surface area (Å²) in [5.41, 5.74) is 0.198. The summed E-state index contributed by atoms with van der Waals surface area (Å²) in [4.78, 5) is 11.2. The Morgan fingerprint density at radius 3 is 2.88 bits per heavy atom. The first-order valence-electron chi connectivity index (χ1n) is 4.62. The van der Waals surface area contributed by atoms with Crippen LogP contribution in [0.25, 0.3) is 0 Å². The summed E-state index contributed by atoms with van der Waals surface area (Å²) in [5.74, 6) is -1.12. The Kier molecular flexibility index (Phi) is 4.44. The van der Waals surface area contributed by atoms with Crippen molar-refractivity contribution >= 4 is 21.9 Å². The third kappa shape index (κ3) is 2.80. The Balaban J connectivity index is 3.08. The summed E-state index contributed by atoms with van der Waals surface area (Å²) >= 11 is 3.13. The zero-order valence-corrected chi connectivity index (χ0v) is 10.2. The summed E-state index contributed by atoms with van der Waals surface area (Å²) in [6.07, 6.45) is -0.234. The van der Waals surface area contributed by atoms with E-state index in [1.165, 1.54) is 12.1 Å². The molecule has 0 radical (unpaired) electrons. The summed E-state index contributed by atoms with van der Waals surface area (Å²) in [5, 5.41) is 8.87. The largest absolute Gasteiger partial charge is 0.466 e. The molecule has 3 nitrogen and oxygen atoms in total.